The lowest BCUT2D eigenvalue weighted by Gasteiger charge is -2.13. The molecule has 0 unspecified atom stereocenters. The Labute approximate surface area is 138 Å². The average Bonchev–Trinajstić information content (AvgIpc) is 3.00. The molecule has 0 radical (unpaired) electrons. The zero-order chi connectivity index (χ0) is 16.4. The number of carbonyl (C=O) groups is 1. The Morgan fingerprint density at radius 2 is 1.87 bits per heavy atom. The van der Waals surface area contributed by atoms with Gasteiger partial charge >= 0.3 is 0 Å². The largest absolute Gasteiger partial charge is 0.345 e. The van der Waals surface area contributed by atoms with Crippen LogP contribution >= 0.6 is 11.3 Å². The number of benzene rings is 1. The van der Waals surface area contributed by atoms with E-state index in [1.165, 1.54) is 16.2 Å². The molecule has 2 aromatic heterocycles. The summed E-state index contributed by atoms with van der Waals surface area (Å²) in [5, 5.41) is 0. The summed E-state index contributed by atoms with van der Waals surface area (Å²) < 4.78 is 0. The SMILES string of the molecule is Cc1ncsc1-c1nc(-c2ccccc2)ncc1C(=O)N(C)C. The third-order valence-electron chi connectivity index (χ3n) is 3.42. The molecule has 0 saturated carbocycles. The lowest BCUT2D eigenvalue weighted by Crippen LogP contribution is -2.23. The van der Waals surface area contributed by atoms with Crippen LogP contribution in [0.15, 0.2) is 42.0 Å². The van der Waals surface area contributed by atoms with E-state index in [9.17, 15) is 4.79 Å². The highest BCUT2D eigenvalue weighted by atomic mass is 32.1. The van der Waals surface area contributed by atoms with Gasteiger partial charge in [0.15, 0.2) is 5.82 Å². The molecule has 3 aromatic rings. The highest BCUT2D eigenvalue weighted by molar-refractivity contribution is 7.13. The van der Waals surface area contributed by atoms with Gasteiger partial charge in [0, 0.05) is 25.9 Å². The molecule has 0 fully saturated rings. The summed E-state index contributed by atoms with van der Waals surface area (Å²) in [4.78, 5) is 28.2. The molecule has 0 atom stereocenters. The van der Waals surface area contributed by atoms with Gasteiger partial charge in [-0.15, -0.1) is 11.3 Å². The van der Waals surface area contributed by atoms with E-state index in [0.29, 0.717) is 17.1 Å². The summed E-state index contributed by atoms with van der Waals surface area (Å²) in [6.45, 7) is 1.92. The molecule has 2 heterocycles. The van der Waals surface area contributed by atoms with E-state index in [-0.39, 0.29) is 5.91 Å². The van der Waals surface area contributed by atoms with Crippen LogP contribution in [0.4, 0.5) is 0 Å². The van der Waals surface area contributed by atoms with Crippen LogP contribution in [0.3, 0.4) is 0 Å². The van der Waals surface area contributed by atoms with Crippen LogP contribution in [0.1, 0.15) is 16.1 Å². The monoisotopic (exact) mass is 324 g/mol. The lowest BCUT2D eigenvalue weighted by atomic mass is 10.1. The van der Waals surface area contributed by atoms with Crippen molar-refractivity contribution in [3.8, 4) is 22.0 Å². The van der Waals surface area contributed by atoms with Crippen LogP contribution in [0.5, 0.6) is 0 Å². The van der Waals surface area contributed by atoms with E-state index in [4.69, 9.17) is 0 Å². The Balaban J connectivity index is 2.19. The Morgan fingerprint density at radius 1 is 1.13 bits per heavy atom. The van der Waals surface area contributed by atoms with Crippen molar-refractivity contribution in [3.63, 3.8) is 0 Å². The van der Waals surface area contributed by atoms with Gasteiger partial charge in [-0.1, -0.05) is 30.3 Å². The van der Waals surface area contributed by atoms with Gasteiger partial charge in [0.25, 0.3) is 5.91 Å². The van der Waals surface area contributed by atoms with Crippen molar-refractivity contribution in [2.24, 2.45) is 0 Å². The third-order valence-corrected chi connectivity index (χ3v) is 4.35. The van der Waals surface area contributed by atoms with Crippen LogP contribution in [-0.2, 0) is 0 Å². The van der Waals surface area contributed by atoms with Crippen molar-refractivity contribution >= 4 is 17.2 Å². The first kappa shape index (κ1) is 15.3. The van der Waals surface area contributed by atoms with Gasteiger partial charge in [-0.05, 0) is 6.92 Å². The van der Waals surface area contributed by atoms with Crippen molar-refractivity contribution in [2.45, 2.75) is 6.92 Å². The molecule has 116 valence electrons. The predicted octanol–water partition coefficient (Wildman–Crippen LogP) is 3.28. The van der Waals surface area contributed by atoms with Crippen LogP contribution in [0.2, 0.25) is 0 Å². The van der Waals surface area contributed by atoms with Gasteiger partial charge in [-0.25, -0.2) is 15.0 Å². The number of amides is 1. The molecular weight excluding hydrogens is 308 g/mol. The summed E-state index contributed by atoms with van der Waals surface area (Å²) in [7, 11) is 3.44. The Hall–Kier alpha value is -2.60. The van der Waals surface area contributed by atoms with Gasteiger partial charge in [0.1, 0.15) is 0 Å². The van der Waals surface area contributed by atoms with Crippen molar-refractivity contribution in [2.75, 3.05) is 14.1 Å². The van der Waals surface area contributed by atoms with Crippen molar-refractivity contribution in [3.05, 3.63) is 53.3 Å². The minimum Gasteiger partial charge on any atom is -0.345 e. The fraction of sp³-hybridized carbons (Fsp3) is 0.176. The molecule has 0 aliphatic carbocycles. The van der Waals surface area contributed by atoms with Crippen molar-refractivity contribution in [1.82, 2.24) is 19.9 Å². The number of nitrogens with zero attached hydrogens (tertiary/aromatic N) is 4. The number of hydrogen-bond acceptors (Lipinski definition) is 5. The molecule has 23 heavy (non-hydrogen) atoms. The fourth-order valence-corrected chi connectivity index (χ4v) is 3.01. The van der Waals surface area contributed by atoms with E-state index in [2.05, 4.69) is 15.0 Å². The van der Waals surface area contributed by atoms with Crippen molar-refractivity contribution in [1.29, 1.82) is 0 Å². The summed E-state index contributed by atoms with van der Waals surface area (Å²) >= 11 is 1.48. The predicted molar refractivity (Wildman–Crippen MR) is 91.3 cm³/mol. The number of aryl methyl sites for hydroxylation is 1. The van der Waals surface area contributed by atoms with E-state index >= 15 is 0 Å². The van der Waals surface area contributed by atoms with Gasteiger partial charge in [0.05, 0.1) is 27.3 Å². The zero-order valence-electron chi connectivity index (χ0n) is 13.1. The average molecular weight is 324 g/mol. The second kappa shape index (κ2) is 6.26. The normalized spacial score (nSPS) is 10.6. The molecule has 5 nitrogen and oxygen atoms in total. The van der Waals surface area contributed by atoms with Gasteiger partial charge < -0.3 is 4.90 Å². The number of hydrogen-bond donors (Lipinski definition) is 0. The van der Waals surface area contributed by atoms with E-state index in [0.717, 1.165) is 16.1 Å². The molecule has 0 spiro atoms. The number of carbonyl (C=O) groups excluding carboxylic acids is 1. The third kappa shape index (κ3) is 2.98. The molecule has 0 saturated heterocycles. The summed E-state index contributed by atoms with van der Waals surface area (Å²) in [5.41, 5.74) is 4.67. The molecule has 3 rings (SSSR count). The highest BCUT2D eigenvalue weighted by Crippen LogP contribution is 2.30. The van der Waals surface area contributed by atoms with Crippen molar-refractivity contribution < 1.29 is 4.79 Å². The zero-order valence-corrected chi connectivity index (χ0v) is 14.0. The van der Waals surface area contributed by atoms with Gasteiger partial charge in [0.2, 0.25) is 0 Å². The first-order chi connectivity index (χ1) is 11.1. The molecule has 1 amide bonds. The highest BCUT2D eigenvalue weighted by Gasteiger charge is 2.20. The fourth-order valence-electron chi connectivity index (χ4n) is 2.21. The first-order valence-corrected chi connectivity index (χ1v) is 8.00. The van der Waals surface area contributed by atoms with Gasteiger partial charge in [-0.2, -0.15) is 0 Å². The maximum atomic E-state index is 12.4. The van der Waals surface area contributed by atoms with E-state index < -0.39 is 0 Å². The van der Waals surface area contributed by atoms with Crippen LogP contribution < -0.4 is 0 Å². The number of rotatable bonds is 3. The van der Waals surface area contributed by atoms with Crippen LogP contribution in [-0.4, -0.2) is 39.9 Å². The molecule has 0 N–H and O–H groups in total. The molecule has 0 aliphatic rings. The second-order valence-electron chi connectivity index (χ2n) is 5.29. The lowest BCUT2D eigenvalue weighted by molar-refractivity contribution is 0.0827. The topological polar surface area (TPSA) is 59.0 Å². The van der Waals surface area contributed by atoms with E-state index in [1.54, 1.807) is 25.8 Å². The molecular formula is C17H16N4OS. The summed E-state index contributed by atoms with van der Waals surface area (Å²) in [6, 6.07) is 9.73. The standard InChI is InChI=1S/C17H16N4OS/c1-11-15(23-10-19-11)14-13(17(22)21(2)3)9-18-16(20-14)12-7-5-4-6-8-12/h4-10H,1-3H3. The maximum absolute atomic E-state index is 12.4. The van der Waals surface area contributed by atoms with E-state index in [1.807, 2.05) is 37.3 Å². The minimum absolute atomic E-state index is 0.118. The summed E-state index contributed by atoms with van der Waals surface area (Å²) in [6.07, 6.45) is 1.60. The molecule has 0 aliphatic heterocycles. The Kier molecular flexibility index (Phi) is 4.16. The second-order valence-corrected chi connectivity index (χ2v) is 6.14. The molecule has 6 heteroatoms. The molecule has 1 aromatic carbocycles. The maximum Gasteiger partial charge on any atom is 0.257 e. The first-order valence-electron chi connectivity index (χ1n) is 7.12. The number of thiazole rings is 1. The minimum atomic E-state index is -0.118. The summed E-state index contributed by atoms with van der Waals surface area (Å²) in [5.74, 6) is 0.483. The molecule has 0 bridgehead atoms. The number of aromatic nitrogens is 3. The van der Waals surface area contributed by atoms with Crippen LogP contribution in [0.25, 0.3) is 22.0 Å². The Bertz CT molecular complexity index is 843. The van der Waals surface area contributed by atoms with Gasteiger partial charge in [-0.3, -0.25) is 4.79 Å². The quantitative estimate of drug-likeness (QED) is 0.742. The van der Waals surface area contributed by atoms with Crippen LogP contribution in [0, 0.1) is 6.92 Å². The smallest absolute Gasteiger partial charge is 0.257 e. The Morgan fingerprint density at radius 3 is 2.48 bits per heavy atom.